The van der Waals surface area contributed by atoms with Crippen LogP contribution in [0.25, 0.3) is 17.1 Å². The van der Waals surface area contributed by atoms with Crippen LogP contribution in [0.4, 0.5) is 13.2 Å². The van der Waals surface area contributed by atoms with Crippen molar-refractivity contribution < 1.29 is 17.9 Å². The van der Waals surface area contributed by atoms with Gasteiger partial charge in [-0.25, -0.2) is 4.98 Å². The standard InChI is InChI=1S/C12H10F3N3OS/c1-3-19-7(2)11-17-10(18-20-11)8-4-5-16-9(6-8)12(13,14)15/h4-6H,2-3H2,1H3. The summed E-state index contributed by atoms with van der Waals surface area (Å²) in [6, 6.07) is 2.33. The third kappa shape index (κ3) is 3.13. The van der Waals surface area contributed by atoms with Gasteiger partial charge in [0.05, 0.1) is 6.61 Å². The first kappa shape index (κ1) is 14.4. The molecule has 0 aliphatic carbocycles. The van der Waals surface area contributed by atoms with E-state index in [2.05, 4.69) is 20.9 Å². The molecule has 0 radical (unpaired) electrons. The Kier molecular flexibility index (Phi) is 4.03. The number of ether oxygens (including phenoxy) is 1. The largest absolute Gasteiger partial charge is 0.491 e. The van der Waals surface area contributed by atoms with Crippen LogP contribution in [0.15, 0.2) is 24.9 Å². The molecule has 0 atom stereocenters. The molecule has 0 fully saturated rings. The van der Waals surface area contributed by atoms with Crippen LogP contribution in [-0.2, 0) is 10.9 Å². The van der Waals surface area contributed by atoms with Crippen LogP contribution < -0.4 is 0 Å². The van der Waals surface area contributed by atoms with Gasteiger partial charge in [0.2, 0.25) is 0 Å². The van der Waals surface area contributed by atoms with Gasteiger partial charge in [0.15, 0.2) is 10.8 Å². The van der Waals surface area contributed by atoms with Gasteiger partial charge >= 0.3 is 6.18 Å². The molecule has 0 N–H and O–H groups in total. The van der Waals surface area contributed by atoms with Gasteiger partial charge in [-0.15, -0.1) is 0 Å². The molecule has 0 spiro atoms. The van der Waals surface area contributed by atoms with Crippen LogP contribution in [0.1, 0.15) is 17.6 Å². The number of rotatable bonds is 4. The number of hydrogen-bond donors (Lipinski definition) is 0. The quantitative estimate of drug-likeness (QED) is 0.809. The molecule has 0 unspecified atom stereocenters. The molecule has 0 saturated heterocycles. The summed E-state index contributed by atoms with van der Waals surface area (Å²) in [6.45, 7) is 5.90. The van der Waals surface area contributed by atoms with Crippen molar-refractivity contribution in [3.8, 4) is 11.4 Å². The maximum absolute atomic E-state index is 12.6. The fraction of sp³-hybridized carbons (Fsp3) is 0.250. The highest BCUT2D eigenvalue weighted by Crippen LogP contribution is 2.30. The Labute approximate surface area is 117 Å². The number of alkyl halides is 3. The second-order valence-corrected chi connectivity index (χ2v) is 4.46. The lowest BCUT2D eigenvalue weighted by Gasteiger charge is -2.05. The highest BCUT2D eigenvalue weighted by Gasteiger charge is 2.32. The maximum Gasteiger partial charge on any atom is 0.433 e. The van der Waals surface area contributed by atoms with Crippen LogP contribution in [-0.4, -0.2) is 20.9 Å². The molecule has 20 heavy (non-hydrogen) atoms. The summed E-state index contributed by atoms with van der Waals surface area (Å²) in [7, 11) is 0. The van der Waals surface area contributed by atoms with E-state index in [1.165, 1.54) is 6.07 Å². The van der Waals surface area contributed by atoms with Crippen molar-refractivity contribution in [1.29, 1.82) is 0 Å². The average Bonchev–Trinajstić information content (AvgIpc) is 2.88. The van der Waals surface area contributed by atoms with Crippen molar-refractivity contribution >= 4 is 17.3 Å². The third-order valence-corrected chi connectivity index (χ3v) is 3.05. The summed E-state index contributed by atoms with van der Waals surface area (Å²) >= 11 is 1.02. The first-order valence-corrected chi connectivity index (χ1v) is 6.38. The lowest BCUT2D eigenvalue weighted by atomic mass is 10.2. The number of halogens is 3. The lowest BCUT2D eigenvalue weighted by Crippen LogP contribution is -2.07. The van der Waals surface area contributed by atoms with E-state index in [-0.39, 0.29) is 11.4 Å². The van der Waals surface area contributed by atoms with Crippen molar-refractivity contribution in [1.82, 2.24) is 14.3 Å². The van der Waals surface area contributed by atoms with Gasteiger partial charge in [0.25, 0.3) is 0 Å². The van der Waals surface area contributed by atoms with Gasteiger partial charge in [0, 0.05) is 11.8 Å². The van der Waals surface area contributed by atoms with Crippen LogP contribution in [0.2, 0.25) is 0 Å². The maximum atomic E-state index is 12.6. The van der Waals surface area contributed by atoms with E-state index in [1.807, 2.05) is 0 Å². The Balaban J connectivity index is 2.31. The highest BCUT2D eigenvalue weighted by molar-refractivity contribution is 7.06. The first-order chi connectivity index (χ1) is 9.41. The minimum absolute atomic E-state index is 0.193. The molecule has 0 bridgehead atoms. The highest BCUT2D eigenvalue weighted by atomic mass is 32.1. The Bertz CT molecular complexity index is 624. The van der Waals surface area contributed by atoms with Crippen LogP contribution in [0.3, 0.4) is 0 Å². The van der Waals surface area contributed by atoms with E-state index in [1.54, 1.807) is 6.92 Å². The smallest absolute Gasteiger partial charge is 0.433 e. The summed E-state index contributed by atoms with van der Waals surface area (Å²) in [5.41, 5.74) is -0.728. The number of hydrogen-bond acceptors (Lipinski definition) is 5. The van der Waals surface area contributed by atoms with Crippen molar-refractivity contribution in [2.45, 2.75) is 13.1 Å². The molecule has 2 aromatic heterocycles. The van der Waals surface area contributed by atoms with Crippen LogP contribution in [0, 0.1) is 0 Å². The predicted molar refractivity (Wildman–Crippen MR) is 68.8 cm³/mol. The van der Waals surface area contributed by atoms with Gasteiger partial charge in [-0.3, -0.25) is 4.98 Å². The minimum atomic E-state index is -4.50. The fourth-order valence-corrected chi connectivity index (χ4v) is 2.02. The lowest BCUT2D eigenvalue weighted by molar-refractivity contribution is -0.141. The molecule has 106 valence electrons. The monoisotopic (exact) mass is 301 g/mol. The number of aromatic nitrogens is 3. The first-order valence-electron chi connectivity index (χ1n) is 5.61. The van der Waals surface area contributed by atoms with Gasteiger partial charge in [0.1, 0.15) is 11.5 Å². The van der Waals surface area contributed by atoms with Gasteiger partial charge in [-0.2, -0.15) is 17.5 Å². The molecular weight excluding hydrogens is 291 g/mol. The average molecular weight is 301 g/mol. The van der Waals surface area contributed by atoms with Crippen molar-refractivity contribution in [3.05, 3.63) is 35.6 Å². The minimum Gasteiger partial charge on any atom is -0.491 e. The van der Waals surface area contributed by atoms with Crippen molar-refractivity contribution in [2.24, 2.45) is 0 Å². The van der Waals surface area contributed by atoms with E-state index in [9.17, 15) is 13.2 Å². The molecule has 2 aromatic rings. The molecule has 0 saturated carbocycles. The van der Waals surface area contributed by atoms with E-state index < -0.39 is 11.9 Å². The second kappa shape index (κ2) is 5.58. The molecule has 4 nitrogen and oxygen atoms in total. The molecule has 0 aliphatic heterocycles. The molecule has 0 amide bonds. The van der Waals surface area contributed by atoms with Crippen molar-refractivity contribution in [2.75, 3.05) is 6.61 Å². The molecule has 0 aliphatic rings. The molecular formula is C12H10F3N3OS. The Hall–Kier alpha value is -1.96. The van der Waals surface area contributed by atoms with E-state index >= 15 is 0 Å². The SMILES string of the molecule is C=C(OCC)c1nc(-c2ccnc(C(F)(F)F)c2)ns1. The molecule has 2 heterocycles. The van der Waals surface area contributed by atoms with E-state index in [0.29, 0.717) is 17.4 Å². The van der Waals surface area contributed by atoms with Gasteiger partial charge < -0.3 is 4.74 Å². The summed E-state index contributed by atoms with van der Waals surface area (Å²) < 4.78 is 46.9. The number of pyridine rings is 1. The summed E-state index contributed by atoms with van der Waals surface area (Å²) in [6.07, 6.45) is -3.42. The summed E-state index contributed by atoms with van der Waals surface area (Å²) in [5.74, 6) is 0.542. The zero-order valence-electron chi connectivity index (χ0n) is 10.4. The van der Waals surface area contributed by atoms with E-state index in [4.69, 9.17) is 4.74 Å². The zero-order chi connectivity index (χ0) is 14.8. The normalized spacial score (nSPS) is 11.4. The van der Waals surface area contributed by atoms with E-state index in [0.717, 1.165) is 23.8 Å². The summed E-state index contributed by atoms with van der Waals surface area (Å²) in [5, 5.41) is 0.437. The van der Waals surface area contributed by atoms with Crippen LogP contribution in [0.5, 0.6) is 0 Å². The second-order valence-electron chi connectivity index (χ2n) is 3.71. The molecule has 0 aromatic carbocycles. The third-order valence-electron chi connectivity index (χ3n) is 2.29. The molecule has 8 heteroatoms. The molecule has 2 rings (SSSR count). The van der Waals surface area contributed by atoms with Gasteiger partial charge in [-0.05, 0) is 30.6 Å². The van der Waals surface area contributed by atoms with Crippen LogP contribution >= 0.6 is 11.5 Å². The van der Waals surface area contributed by atoms with Crippen molar-refractivity contribution in [3.63, 3.8) is 0 Å². The Morgan fingerprint density at radius 2 is 2.20 bits per heavy atom. The fourth-order valence-electron chi connectivity index (χ4n) is 1.41. The number of nitrogens with zero attached hydrogens (tertiary/aromatic N) is 3. The predicted octanol–water partition coefficient (Wildman–Crippen LogP) is 3.63. The Morgan fingerprint density at radius 1 is 1.45 bits per heavy atom. The van der Waals surface area contributed by atoms with Gasteiger partial charge in [-0.1, -0.05) is 6.58 Å². The zero-order valence-corrected chi connectivity index (χ0v) is 11.3. The topological polar surface area (TPSA) is 47.9 Å². The Morgan fingerprint density at radius 3 is 2.85 bits per heavy atom. The summed E-state index contributed by atoms with van der Waals surface area (Å²) in [4.78, 5) is 7.40.